The lowest BCUT2D eigenvalue weighted by atomic mass is 10.2. The maximum Gasteiger partial charge on any atom is 0.275 e. The first-order valence-electron chi connectivity index (χ1n) is 6.18. The van der Waals surface area contributed by atoms with Crippen LogP contribution in [0.5, 0.6) is 0 Å². The number of benzene rings is 1. The average Bonchev–Trinajstić information content (AvgIpc) is 2.48. The highest BCUT2D eigenvalue weighted by Crippen LogP contribution is 2.16. The molecule has 0 fully saturated rings. The Morgan fingerprint density at radius 2 is 2.19 bits per heavy atom. The Labute approximate surface area is 121 Å². The van der Waals surface area contributed by atoms with Gasteiger partial charge in [-0.2, -0.15) is 0 Å². The highest BCUT2D eigenvalue weighted by atomic mass is 19.1. The second kappa shape index (κ2) is 6.59. The third kappa shape index (κ3) is 3.84. The molecule has 0 saturated heterocycles. The maximum absolute atomic E-state index is 13.9. The Morgan fingerprint density at radius 3 is 2.81 bits per heavy atom. The molecular formula is C15H13FN4O. The Hall–Kier alpha value is -2.78. The number of rotatable bonds is 2. The fraction of sp³-hybridized carbons (Fsp3) is 0.133. The van der Waals surface area contributed by atoms with Crippen molar-refractivity contribution in [2.75, 3.05) is 11.9 Å². The minimum Gasteiger partial charge on any atom is -0.320 e. The number of hydrogen-bond donors (Lipinski definition) is 2. The zero-order valence-corrected chi connectivity index (χ0v) is 11.4. The third-order valence-electron chi connectivity index (χ3n) is 2.57. The highest BCUT2D eigenvalue weighted by molar-refractivity contribution is 6.02. The topological polar surface area (TPSA) is 80.9 Å². The van der Waals surface area contributed by atoms with Gasteiger partial charge < -0.3 is 11.1 Å². The van der Waals surface area contributed by atoms with Crippen LogP contribution >= 0.6 is 0 Å². The van der Waals surface area contributed by atoms with Gasteiger partial charge >= 0.3 is 0 Å². The van der Waals surface area contributed by atoms with E-state index in [4.69, 9.17) is 5.73 Å². The van der Waals surface area contributed by atoms with Crippen LogP contribution in [0, 0.1) is 24.6 Å². The first-order chi connectivity index (χ1) is 10.1. The minimum atomic E-state index is -0.577. The van der Waals surface area contributed by atoms with Crippen molar-refractivity contribution in [3.8, 4) is 11.8 Å². The number of nitrogens with two attached hydrogens (primary N) is 1. The molecule has 1 heterocycles. The van der Waals surface area contributed by atoms with Gasteiger partial charge in [-0.1, -0.05) is 11.8 Å². The van der Waals surface area contributed by atoms with Gasteiger partial charge in [0.25, 0.3) is 5.91 Å². The van der Waals surface area contributed by atoms with Crippen LogP contribution in [0.4, 0.5) is 10.1 Å². The van der Waals surface area contributed by atoms with Gasteiger partial charge in [0.15, 0.2) is 0 Å². The van der Waals surface area contributed by atoms with E-state index in [0.29, 0.717) is 11.3 Å². The van der Waals surface area contributed by atoms with Crippen LogP contribution in [0.25, 0.3) is 0 Å². The van der Waals surface area contributed by atoms with E-state index in [1.807, 2.05) is 0 Å². The average molecular weight is 284 g/mol. The number of nitrogens with one attached hydrogen (secondary N) is 1. The lowest BCUT2D eigenvalue weighted by Gasteiger charge is -2.06. The zero-order chi connectivity index (χ0) is 15.2. The summed E-state index contributed by atoms with van der Waals surface area (Å²) in [4.78, 5) is 19.8. The maximum atomic E-state index is 13.9. The largest absolute Gasteiger partial charge is 0.320 e. The van der Waals surface area contributed by atoms with E-state index < -0.39 is 11.7 Å². The molecule has 0 saturated carbocycles. The molecule has 2 rings (SSSR count). The predicted molar refractivity (Wildman–Crippen MR) is 77.1 cm³/mol. The number of halogens is 1. The number of carbonyl (C=O) groups excluding carboxylic acids is 1. The van der Waals surface area contributed by atoms with Gasteiger partial charge in [-0.25, -0.2) is 9.37 Å². The summed E-state index contributed by atoms with van der Waals surface area (Å²) in [6, 6.07) is 4.27. The molecule has 0 spiro atoms. The van der Waals surface area contributed by atoms with E-state index in [0.717, 1.165) is 0 Å². The molecule has 0 atom stereocenters. The van der Waals surface area contributed by atoms with Crippen molar-refractivity contribution < 1.29 is 9.18 Å². The molecule has 21 heavy (non-hydrogen) atoms. The molecule has 6 heteroatoms. The summed E-state index contributed by atoms with van der Waals surface area (Å²) in [5.41, 5.74) is 6.61. The fourth-order valence-corrected chi connectivity index (χ4v) is 1.54. The standard InChI is InChI=1S/C15H13FN4O/c1-10-8-19-14(9-18-10)15(21)20-13-5-4-11(3-2-6-17)7-12(13)16/h4-5,7-9H,6,17H2,1H3,(H,20,21). The quantitative estimate of drug-likeness (QED) is 0.819. The summed E-state index contributed by atoms with van der Waals surface area (Å²) in [6.07, 6.45) is 2.81. The Kier molecular flexibility index (Phi) is 4.59. The van der Waals surface area contributed by atoms with Crippen LogP contribution < -0.4 is 11.1 Å². The van der Waals surface area contributed by atoms with Crippen molar-refractivity contribution in [3.63, 3.8) is 0 Å². The van der Waals surface area contributed by atoms with Crippen LogP contribution in [0.3, 0.4) is 0 Å². The second-order valence-corrected chi connectivity index (χ2v) is 4.20. The number of anilines is 1. The monoisotopic (exact) mass is 284 g/mol. The summed E-state index contributed by atoms with van der Waals surface area (Å²) >= 11 is 0. The summed E-state index contributed by atoms with van der Waals surface area (Å²) in [5, 5.41) is 2.44. The number of nitrogens with zero attached hydrogens (tertiary/aromatic N) is 2. The molecule has 0 radical (unpaired) electrons. The molecule has 1 aromatic carbocycles. The van der Waals surface area contributed by atoms with Crippen LogP contribution in [0.2, 0.25) is 0 Å². The van der Waals surface area contributed by atoms with Gasteiger partial charge in [0.1, 0.15) is 11.5 Å². The van der Waals surface area contributed by atoms with E-state index in [-0.39, 0.29) is 17.9 Å². The second-order valence-electron chi connectivity index (χ2n) is 4.20. The van der Waals surface area contributed by atoms with E-state index in [1.165, 1.54) is 24.5 Å². The molecule has 0 aliphatic rings. The molecule has 0 aliphatic heterocycles. The van der Waals surface area contributed by atoms with E-state index in [1.54, 1.807) is 13.0 Å². The number of amides is 1. The van der Waals surface area contributed by atoms with Crippen molar-refractivity contribution in [1.82, 2.24) is 9.97 Å². The van der Waals surface area contributed by atoms with Crippen LogP contribution in [-0.4, -0.2) is 22.4 Å². The lowest BCUT2D eigenvalue weighted by molar-refractivity contribution is 0.102. The normalized spacial score (nSPS) is 9.67. The molecule has 3 N–H and O–H groups in total. The van der Waals surface area contributed by atoms with Gasteiger partial charge in [0.05, 0.1) is 24.1 Å². The van der Waals surface area contributed by atoms with Crippen LogP contribution in [0.15, 0.2) is 30.6 Å². The molecule has 1 amide bonds. The number of carbonyl (C=O) groups is 1. The van der Waals surface area contributed by atoms with E-state index >= 15 is 0 Å². The number of hydrogen-bond acceptors (Lipinski definition) is 4. The van der Waals surface area contributed by atoms with Crippen molar-refractivity contribution in [3.05, 3.63) is 53.4 Å². The van der Waals surface area contributed by atoms with Crippen molar-refractivity contribution in [1.29, 1.82) is 0 Å². The fourth-order valence-electron chi connectivity index (χ4n) is 1.54. The van der Waals surface area contributed by atoms with Gasteiger partial charge in [-0.3, -0.25) is 9.78 Å². The predicted octanol–water partition coefficient (Wildman–Crippen LogP) is 1.49. The SMILES string of the molecule is Cc1cnc(C(=O)Nc2ccc(C#CCN)cc2F)cn1. The molecule has 0 unspecified atom stereocenters. The number of aryl methyl sites for hydroxylation is 1. The van der Waals surface area contributed by atoms with Gasteiger partial charge in [0.2, 0.25) is 0 Å². The molecular weight excluding hydrogens is 271 g/mol. The Morgan fingerprint density at radius 1 is 1.38 bits per heavy atom. The first-order valence-corrected chi connectivity index (χ1v) is 6.18. The summed E-state index contributed by atoms with van der Waals surface area (Å²) in [6.45, 7) is 1.96. The Balaban J connectivity index is 2.16. The number of aromatic nitrogens is 2. The smallest absolute Gasteiger partial charge is 0.275 e. The molecule has 0 bridgehead atoms. The van der Waals surface area contributed by atoms with Gasteiger partial charge in [-0.05, 0) is 25.1 Å². The summed E-state index contributed by atoms with van der Waals surface area (Å²) in [5.74, 6) is 4.24. The molecule has 1 aromatic heterocycles. The summed E-state index contributed by atoms with van der Waals surface area (Å²) < 4.78 is 13.9. The van der Waals surface area contributed by atoms with Crippen LogP contribution in [0.1, 0.15) is 21.7 Å². The van der Waals surface area contributed by atoms with Crippen LogP contribution in [-0.2, 0) is 0 Å². The highest BCUT2D eigenvalue weighted by Gasteiger charge is 2.11. The van der Waals surface area contributed by atoms with E-state index in [2.05, 4.69) is 27.1 Å². The first kappa shape index (κ1) is 14.6. The van der Waals surface area contributed by atoms with Crippen molar-refractivity contribution >= 4 is 11.6 Å². The lowest BCUT2D eigenvalue weighted by Crippen LogP contribution is -2.15. The summed E-state index contributed by atoms with van der Waals surface area (Å²) in [7, 11) is 0. The van der Waals surface area contributed by atoms with Gasteiger partial charge in [0, 0.05) is 11.8 Å². The minimum absolute atomic E-state index is 0.0562. The molecule has 2 aromatic rings. The van der Waals surface area contributed by atoms with Crippen molar-refractivity contribution in [2.24, 2.45) is 5.73 Å². The molecule has 0 aliphatic carbocycles. The molecule has 106 valence electrons. The molecule has 5 nitrogen and oxygen atoms in total. The third-order valence-corrected chi connectivity index (χ3v) is 2.57. The van der Waals surface area contributed by atoms with E-state index in [9.17, 15) is 9.18 Å². The van der Waals surface area contributed by atoms with Crippen molar-refractivity contribution in [2.45, 2.75) is 6.92 Å². The zero-order valence-electron chi connectivity index (χ0n) is 11.4. The Bertz CT molecular complexity index is 717. The van der Waals surface area contributed by atoms with Gasteiger partial charge in [-0.15, -0.1) is 0 Å².